The Hall–Kier alpha value is -1.10. The van der Waals surface area contributed by atoms with Crippen LogP contribution in [-0.2, 0) is 13.6 Å². The van der Waals surface area contributed by atoms with E-state index in [0.717, 1.165) is 28.1 Å². The highest BCUT2D eigenvalue weighted by Crippen LogP contribution is 2.21. The van der Waals surface area contributed by atoms with Gasteiger partial charge in [-0.25, -0.2) is 0 Å². The van der Waals surface area contributed by atoms with Crippen molar-refractivity contribution in [2.24, 2.45) is 7.05 Å². The average molecular weight is 269 g/mol. The van der Waals surface area contributed by atoms with Crippen molar-refractivity contribution in [2.75, 3.05) is 0 Å². The second-order valence-corrected chi connectivity index (χ2v) is 4.39. The van der Waals surface area contributed by atoms with Crippen LogP contribution in [0.5, 0.6) is 0 Å². The van der Waals surface area contributed by atoms with Gasteiger partial charge in [0.1, 0.15) is 0 Å². The molecule has 4 nitrogen and oxygen atoms in total. The molecule has 0 fully saturated rings. The van der Waals surface area contributed by atoms with Gasteiger partial charge in [-0.15, -0.1) is 0 Å². The van der Waals surface area contributed by atoms with Crippen LogP contribution < -0.4 is 0 Å². The van der Waals surface area contributed by atoms with Crippen molar-refractivity contribution >= 4 is 15.9 Å². The van der Waals surface area contributed by atoms with Gasteiger partial charge in [-0.3, -0.25) is 9.36 Å². The summed E-state index contributed by atoms with van der Waals surface area (Å²) in [5.74, 6) is 0. The van der Waals surface area contributed by atoms with Gasteiger partial charge in [-0.1, -0.05) is 0 Å². The Balaban J connectivity index is 2.36. The summed E-state index contributed by atoms with van der Waals surface area (Å²) in [6, 6.07) is 2.00. The molecule has 80 valence electrons. The van der Waals surface area contributed by atoms with E-state index in [4.69, 9.17) is 0 Å². The molecular weight excluding hydrogens is 256 g/mol. The van der Waals surface area contributed by atoms with E-state index in [1.165, 1.54) is 0 Å². The molecule has 0 atom stereocenters. The molecule has 0 amide bonds. The fraction of sp³-hybridized carbons (Fsp3) is 0.400. The van der Waals surface area contributed by atoms with Gasteiger partial charge in [0.15, 0.2) is 0 Å². The lowest BCUT2D eigenvalue weighted by Gasteiger charge is -2.05. The number of nitrogens with zero attached hydrogens (tertiary/aromatic N) is 4. The fourth-order valence-corrected chi connectivity index (χ4v) is 2.02. The third kappa shape index (κ3) is 1.84. The predicted molar refractivity (Wildman–Crippen MR) is 61.7 cm³/mol. The third-order valence-corrected chi connectivity index (χ3v) is 3.52. The molecular formula is C10H13BrN4. The summed E-state index contributed by atoms with van der Waals surface area (Å²) in [6.07, 6.45) is 1.81. The normalized spacial score (nSPS) is 10.9. The zero-order chi connectivity index (χ0) is 11.0. The first-order valence-corrected chi connectivity index (χ1v) is 5.55. The number of aromatic nitrogens is 4. The Kier molecular flexibility index (Phi) is 2.65. The van der Waals surface area contributed by atoms with Gasteiger partial charge < -0.3 is 0 Å². The van der Waals surface area contributed by atoms with Crippen LogP contribution in [0.15, 0.2) is 16.7 Å². The number of aryl methyl sites for hydroxylation is 3. The standard InChI is InChI=1S/C10H13BrN4/c1-7-4-5-12-15(7)6-9-10(11)8(2)13-14(9)3/h4-5H,6H2,1-3H3. The van der Waals surface area contributed by atoms with E-state index >= 15 is 0 Å². The molecule has 2 aromatic rings. The molecule has 2 heterocycles. The van der Waals surface area contributed by atoms with E-state index in [2.05, 4.69) is 26.1 Å². The summed E-state index contributed by atoms with van der Waals surface area (Å²) in [6.45, 7) is 4.78. The molecule has 0 unspecified atom stereocenters. The van der Waals surface area contributed by atoms with Crippen LogP contribution in [0.2, 0.25) is 0 Å². The molecule has 0 aromatic carbocycles. The molecule has 0 N–H and O–H groups in total. The topological polar surface area (TPSA) is 35.6 Å². The van der Waals surface area contributed by atoms with Gasteiger partial charge in [-0.05, 0) is 35.8 Å². The lowest BCUT2D eigenvalue weighted by Crippen LogP contribution is -2.08. The summed E-state index contributed by atoms with van der Waals surface area (Å²) in [5.41, 5.74) is 3.30. The number of hydrogen-bond acceptors (Lipinski definition) is 2. The van der Waals surface area contributed by atoms with Crippen LogP contribution >= 0.6 is 15.9 Å². The van der Waals surface area contributed by atoms with Gasteiger partial charge in [0.2, 0.25) is 0 Å². The number of rotatable bonds is 2. The van der Waals surface area contributed by atoms with Crippen molar-refractivity contribution < 1.29 is 0 Å². The third-order valence-electron chi connectivity index (χ3n) is 2.49. The second kappa shape index (κ2) is 3.81. The molecule has 0 aliphatic rings. The molecule has 0 spiro atoms. The predicted octanol–water partition coefficient (Wildman–Crippen LogP) is 2.04. The number of halogens is 1. The Morgan fingerprint density at radius 1 is 1.40 bits per heavy atom. The minimum absolute atomic E-state index is 0.747. The summed E-state index contributed by atoms with van der Waals surface area (Å²) in [4.78, 5) is 0. The van der Waals surface area contributed by atoms with Crippen LogP contribution in [0.4, 0.5) is 0 Å². The van der Waals surface area contributed by atoms with E-state index in [1.807, 2.05) is 42.5 Å². The van der Waals surface area contributed by atoms with E-state index in [9.17, 15) is 0 Å². The second-order valence-electron chi connectivity index (χ2n) is 3.60. The van der Waals surface area contributed by atoms with E-state index in [0.29, 0.717) is 0 Å². The van der Waals surface area contributed by atoms with Crippen molar-refractivity contribution in [2.45, 2.75) is 20.4 Å². The zero-order valence-electron chi connectivity index (χ0n) is 9.03. The first kappa shape index (κ1) is 10.4. The summed E-state index contributed by atoms with van der Waals surface area (Å²) < 4.78 is 4.92. The molecule has 5 heteroatoms. The molecule has 2 rings (SSSR count). The first-order chi connectivity index (χ1) is 7.09. The highest BCUT2D eigenvalue weighted by Gasteiger charge is 2.11. The van der Waals surface area contributed by atoms with E-state index < -0.39 is 0 Å². The Bertz CT molecular complexity index is 484. The van der Waals surface area contributed by atoms with Crippen molar-refractivity contribution in [3.05, 3.63) is 33.8 Å². The molecule has 2 aromatic heterocycles. The lowest BCUT2D eigenvalue weighted by molar-refractivity contribution is 0.605. The first-order valence-electron chi connectivity index (χ1n) is 4.76. The van der Waals surface area contributed by atoms with Gasteiger partial charge in [-0.2, -0.15) is 10.2 Å². The van der Waals surface area contributed by atoms with Crippen molar-refractivity contribution in [1.82, 2.24) is 19.6 Å². The van der Waals surface area contributed by atoms with Crippen molar-refractivity contribution in [1.29, 1.82) is 0 Å². The fourth-order valence-electron chi connectivity index (χ4n) is 1.56. The van der Waals surface area contributed by atoms with Gasteiger partial charge in [0, 0.05) is 18.9 Å². The maximum atomic E-state index is 4.35. The van der Waals surface area contributed by atoms with E-state index in [1.54, 1.807) is 0 Å². The van der Waals surface area contributed by atoms with E-state index in [-0.39, 0.29) is 0 Å². The Morgan fingerprint density at radius 2 is 2.13 bits per heavy atom. The molecule has 0 radical (unpaired) electrons. The monoisotopic (exact) mass is 268 g/mol. The Morgan fingerprint density at radius 3 is 2.60 bits per heavy atom. The van der Waals surface area contributed by atoms with Crippen molar-refractivity contribution in [3.8, 4) is 0 Å². The average Bonchev–Trinajstić information content (AvgIpc) is 2.67. The molecule has 0 saturated heterocycles. The largest absolute Gasteiger partial charge is 0.269 e. The lowest BCUT2D eigenvalue weighted by atomic mass is 10.3. The molecule has 0 saturated carbocycles. The molecule has 0 aliphatic carbocycles. The molecule has 0 bridgehead atoms. The minimum atomic E-state index is 0.747. The van der Waals surface area contributed by atoms with Gasteiger partial charge in [0.25, 0.3) is 0 Å². The van der Waals surface area contributed by atoms with Crippen molar-refractivity contribution in [3.63, 3.8) is 0 Å². The molecule has 15 heavy (non-hydrogen) atoms. The minimum Gasteiger partial charge on any atom is -0.269 e. The van der Waals surface area contributed by atoms with Crippen LogP contribution in [0.1, 0.15) is 17.1 Å². The quantitative estimate of drug-likeness (QED) is 0.836. The number of hydrogen-bond donors (Lipinski definition) is 0. The van der Waals surface area contributed by atoms with Crippen LogP contribution in [0.3, 0.4) is 0 Å². The maximum absolute atomic E-state index is 4.35. The van der Waals surface area contributed by atoms with Crippen LogP contribution in [0.25, 0.3) is 0 Å². The van der Waals surface area contributed by atoms with Gasteiger partial charge >= 0.3 is 0 Å². The summed E-state index contributed by atoms with van der Waals surface area (Å²) in [5, 5.41) is 8.61. The van der Waals surface area contributed by atoms with Crippen LogP contribution in [-0.4, -0.2) is 19.6 Å². The smallest absolute Gasteiger partial charge is 0.0842 e. The summed E-state index contributed by atoms with van der Waals surface area (Å²) >= 11 is 3.55. The van der Waals surface area contributed by atoms with Crippen LogP contribution in [0, 0.1) is 13.8 Å². The highest BCUT2D eigenvalue weighted by molar-refractivity contribution is 9.10. The molecule has 0 aliphatic heterocycles. The summed E-state index contributed by atoms with van der Waals surface area (Å²) in [7, 11) is 1.95. The van der Waals surface area contributed by atoms with Gasteiger partial charge in [0.05, 0.1) is 22.4 Å². The highest BCUT2D eigenvalue weighted by atomic mass is 79.9. The SMILES string of the molecule is Cc1nn(C)c(Cn2nccc2C)c1Br. The maximum Gasteiger partial charge on any atom is 0.0842 e. The zero-order valence-corrected chi connectivity index (χ0v) is 10.6. The Labute approximate surface area is 97.0 Å².